The third kappa shape index (κ3) is 3.96. The highest BCUT2D eigenvalue weighted by Gasteiger charge is 2.31. The summed E-state index contributed by atoms with van der Waals surface area (Å²) < 4.78 is 41.5. The first-order valence-corrected chi connectivity index (χ1v) is 6.96. The Balaban J connectivity index is 2.43. The molecule has 0 saturated heterocycles. The fraction of sp³-hybridized carbons (Fsp3) is 0.231. The molecule has 21 heavy (non-hydrogen) atoms. The van der Waals surface area contributed by atoms with E-state index >= 15 is 0 Å². The van der Waals surface area contributed by atoms with Crippen LogP contribution in [0.2, 0.25) is 0 Å². The number of nitrogens with zero attached hydrogens (tertiary/aromatic N) is 2. The van der Waals surface area contributed by atoms with Crippen LogP contribution in [-0.4, -0.2) is 23.4 Å². The van der Waals surface area contributed by atoms with Gasteiger partial charge in [0.15, 0.2) is 5.82 Å². The lowest BCUT2D eigenvalue weighted by molar-refractivity contribution is -0.274. The molecule has 0 aliphatic rings. The van der Waals surface area contributed by atoms with Gasteiger partial charge in [-0.3, -0.25) is 0 Å². The number of hydrogen-bond acceptors (Lipinski definition) is 4. The molecule has 0 saturated carbocycles. The van der Waals surface area contributed by atoms with Crippen molar-refractivity contribution in [3.8, 4) is 17.1 Å². The van der Waals surface area contributed by atoms with E-state index in [4.69, 9.17) is 0 Å². The van der Waals surface area contributed by atoms with Crippen LogP contribution in [0.15, 0.2) is 24.3 Å². The highest BCUT2D eigenvalue weighted by Crippen LogP contribution is 2.28. The Morgan fingerprint density at radius 3 is 2.57 bits per heavy atom. The summed E-state index contributed by atoms with van der Waals surface area (Å²) in [6, 6.07) is 5.58. The first-order chi connectivity index (χ1) is 9.80. The number of ether oxygens (including phenoxy) is 1. The molecule has 0 spiro atoms. The minimum absolute atomic E-state index is 0.300. The molecule has 0 unspecified atom stereocenters. The second kappa shape index (κ2) is 6.04. The van der Waals surface area contributed by atoms with Crippen LogP contribution in [0.3, 0.4) is 0 Å². The van der Waals surface area contributed by atoms with Crippen molar-refractivity contribution in [1.82, 2.24) is 9.97 Å². The zero-order chi connectivity index (χ0) is 15.6. The number of hydrogen-bond donors (Lipinski definition) is 1. The number of rotatable bonds is 3. The van der Waals surface area contributed by atoms with Crippen LogP contribution in [0.1, 0.15) is 5.69 Å². The number of anilines is 1. The normalized spacial score (nSPS) is 11.3. The van der Waals surface area contributed by atoms with Gasteiger partial charge in [-0.25, -0.2) is 9.97 Å². The Morgan fingerprint density at radius 1 is 1.24 bits per heavy atom. The van der Waals surface area contributed by atoms with Crippen molar-refractivity contribution in [3.63, 3.8) is 0 Å². The molecule has 0 atom stereocenters. The second-order valence-corrected chi connectivity index (χ2v) is 5.20. The third-order valence-corrected chi connectivity index (χ3v) is 3.87. The monoisotopic (exact) mass is 409 g/mol. The Bertz CT molecular complexity index is 662. The first-order valence-electron chi connectivity index (χ1n) is 5.88. The number of halogens is 4. The molecule has 0 fully saturated rings. The largest absolute Gasteiger partial charge is 0.573 e. The summed E-state index contributed by atoms with van der Waals surface area (Å²) >= 11 is 2.10. The van der Waals surface area contributed by atoms with Crippen molar-refractivity contribution in [2.75, 3.05) is 12.4 Å². The fourth-order valence-electron chi connectivity index (χ4n) is 1.69. The van der Waals surface area contributed by atoms with Crippen LogP contribution in [-0.2, 0) is 0 Å². The summed E-state index contributed by atoms with van der Waals surface area (Å²) in [7, 11) is 1.72. The van der Waals surface area contributed by atoms with Gasteiger partial charge in [-0.15, -0.1) is 13.2 Å². The minimum Gasteiger partial charge on any atom is -0.406 e. The van der Waals surface area contributed by atoms with Crippen LogP contribution in [0.25, 0.3) is 11.4 Å². The van der Waals surface area contributed by atoms with E-state index in [0.717, 1.165) is 9.26 Å². The van der Waals surface area contributed by atoms with Gasteiger partial charge in [0.05, 0.1) is 9.26 Å². The lowest BCUT2D eigenvalue weighted by Crippen LogP contribution is -2.17. The quantitative estimate of drug-likeness (QED) is 0.779. The highest BCUT2D eigenvalue weighted by atomic mass is 127. The van der Waals surface area contributed by atoms with Gasteiger partial charge >= 0.3 is 6.36 Å². The van der Waals surface area contributed by atoms with E-state index in [-0.39, 0.29) is 5.75 Å². The lowest BCUT2D eigenvalue weighted by Gasteiger charge is -2.11. The van der Waals surface area contributed by atoms with Crippen molar-refractivity contribution >= 4 is 28.4 Å². The Hall–Kier alpha value is -1.58. The standard InChI is InChI=1S/C13H11F3IN3O/c1-7-10(17)12(18-2)20-11(19-7)8-4-3-5-9(6-8)21-13(14,15)16/h3-6H,1-2H3,(H,18,19,20). The van der Waals surface area contributed by atoms with E-state index in [1.165, 1.54) is 18.2 Å². The summed E-state index contributed by atoms with van der Waals surface area (Å²) in [5.41, 5.74) is 1.19. The van der Waals surface area contributed by atoms with Gasteiger partial charge in [0.25, 0.3) is 0 Å². The summed E-state index contributed by atoms with van der Waals surface area (Å²) in [6.45, 7) is 1.81. The molecule has 4 nitrogen and oxygen atoms in total. The lowest BCUT2D eigenvalue weighted by atomic mass is 10.2. The van der Waals surface area contributed by atoms with Gasteiger partial charge in [0.2, 0.25) is 0 Å². The fourth-order valence-corrected chi connectivity index (χ4v) is 2.20. The summed E-state index contributed by atoms with van der Waals surface area (Å²) in [5, 5.41) is 2.93. The summed E-state index contributed by atoms with van der Waals surface area (Å²) in [5.74, 6) is 0.663. The molecular weight excluding hydrogens is 398 g/mol. The number of benzene rings is 1. The molecule has 1 aromatic carbocycles. The molecule has 0 bridgehead atoms. The van der Waals surface area contributed by atoms with Crippen LogP contribution in [0.5, 0.6) is 5.75 Å². The van der Waals surface area contributed by atoms with E-state index in [9.17, 15) is 13.2 Å². The third-order valence-electron chi connectivity index (χ3n) is 2.58. The SMILES string of the molecule is CNc1nc(-c2cccc(OC(F)(F)F)c2)nc(C)c1I. The van der Waals surface area contributed by atoms with E-state index in [2.05, 4.69) is 42.6 Å². The average molecular weight is 409 g/mol. The minimum atomic E-state index is -4.72. The molecule has 1 heterocycles. The molecule has 0 amide bonds. The van der Waals surface area contributed by atoms with E-state index < -0.39 is 6.36 Å². The van der Waals surface area contributed by atoms with Gasteiger partial charge in [0, 0.05) is 12.6 Å². The Morgan fingerprint density at radius 2 is 1.95 bits per heavy atom. The van der Waals surface area contributed by atoms with Crippen LogP contribution in [0, 0.1) is 10.5 Å². The maximum absolute atomic E-state index is 12.2. The van der Waals surface area contributed by atoms with Crippen LogP contribution < -0.4 is 10.1 Å². The van der Waals surface area contributed by atoms with Gasteiger partial charge in [-0.1, -0.05) is 12.1 Å². The molecule has 112 valence electrons. The summed E-state index contributed by atoms with van der Waals surface area (Å²) in [6.07, 6.45) is -4.72. The van der Waals surface area contributed by atoms with E-state index in [0.29, 0.717) is 17.2 Å². The van der Waals surface area contributed by atoms with Crippen molar-refractivity contribution in [2.24, 2.45) is 0 Å². The second-order valence-electron chi connectivity index (χ2n) is 4.12. The average Bonchev–Trinajstić information content (AvgIpc) is 2.40. The molecule has 0 aliphatic carbocycles. The Kier molecular flexibility index (Phi) is 4.55. The molecule has 0 radical (unpaired) electrons. The van der Waals surface area contributed by atoms with Crippen molar-refractivity contribution in [2.45, 2.75) is 13.3 Å². The maximum atomic E-state index is 12.2. The molecule has 2 aromatic rings. The van der Waals surface area contributed by atoms with Gasteiger partial charge in [0.1, 0.15) is 11.6 Å². The first kappa shape index (κ1) is 15.8. The van der Waals surface area contributed by atoms with Crippen LogP contribution >= 0.6 is 22.6 Å². The smallest absolute Gasteiger partial charge is 0.406 e. The molecule has 8 heteroatoms. The van der Waals surface area contributed by atoms with Gasteiger partial charge in [-0.05, 0) is 41.6 Å². The number of aryl methyl sites for hydroxylation is 1. The predicted molar refractivity (Wildman–Crippen MR) is 81.2 cm³/mol. The number of aromatic nitrogens is 2. The summed E-state index contributed by atoms with van der Waals surface area (Å²) in [4.78, 5) is 8.59. The van der Waals surface area contributed by atoms with Crippen molar-refractivity contribution in [1.29, 1.82) is 0 Å². The molecular formula is C13H11F3IN3O. The predicted octanol–water partition coefficient (Wildman–Crippen LogP) is 4.00. The van der Waals surface area contributed by atoms with Gasteiger partial charge in [-0.2, -0.15) is 0 Å². The van der Waals surface area contributed by atoms with Crippen molar-refractivity contribution < 1.29 is 17.9 Å². The maximum Gasteiger partial charge on any atom is 0.573 e. The Labute approximate surface area is 132 Å². The number of nitrogens with one attached hydrogen (secondary N) is 1. The zero-order valence-electron chi connectivity index (χ0n) is 11.1. The van der Waals surface area contributed by atoms with Crippen molar-refractivity contribution in [3.05, 3.63) is 33.5 Å². The number of alkyl halides is 3. The van der Waals surface area contributed by atoms with E-state index in [1.54, 1.807) is 13.1 Å². The topological polar surface area (TPSA) is 47.0 Å². The molecule has 1 N–H and O–H groups in total. The van der Waals surface area contributed by atoms with E-state index in [1.807, 2.05) is 6.92 Å². The molecule has 1 aromatic heterocycles. The van der Waals surface area contributed by atoms with Gasteiger partial charge < -0.3 is 10.1 Å². The molecule has 0 aliphatic heterocycles. The molecule has 2 rings (SSSR count). The van der Waals surface area contributed by atoms with Crippen LogP contribution in [0.4, 0.5) is 19.0 Å². The zero-order valence-corrected chi connectivity index (χ0v) is 13.3. The highest BCUT2D eigenvalue weighted by molar-refractivity contribution is 14.1.